The summed E-state index contributed by atoms with van der Waals surface area (Å²) >= 11 is 0. The number of rotatable bonds is 1. The van der Waals surface area contributed by atoms with E-state index in [0.29, 0.717) is 11.1 Å². The normalized spacial score (nSPS) is 11.5. The lowest BCUT2D eigenvalue weighted by atomic mass is 10.1. The summed E-state index contributed by atoms with van der Waals surface area (Å²) in [5.74, 6) is -1.24. The van der Waals surface area contributed by atoms with Gasteiger partial charge < -0.3 is 4.52 Å². The summed E-state index contributed by atoms with van der Waals surface area (Å²) in [4.78, 5) is 0. The number of hydrogen-bond acceptors (Lipinski definition) is 2. The molecule has 0 aliphatic heterocycles. The predicted molar refractivity (Wildman–Crippen MR) is 48.0 cm³/mol. The van der Waals surface area contributed by atoms with Gasteiger partial charge >= 0.3 is 0 Å². The van der Waals surface area contributed by atoms with E-state index in [1.54, 1.807) is 0 Å². The second kappa shape index (κ2) is 3.04. The van der Waals surface area contributed by atoms with Crippen LogP contribution in [-0.2, 0) is 0 Å². The Morgan fingerprint density at radius 1 is 1.29 bits per heavy atom. The summed E-state index contributed by atoms with van der Waals surface area (Å²) in [7, 11) is 0. The molecule has 2 nitrogen and oxygen atoms in total. The van der Waals surface area contributed by atoms with Gasteiger partial charge in [0.15, 0.2) is 5.82 Å². The fourth-order valence-electron chi connectivity index (χ4n) is 1.40. The van der Waals surface area contributed by atoms with Gasteiger partial charge in [0, 0.05) is 6.07 Å². The van der Waals surface area contributed by atoms with Gasteiger partial charge in [0.25, 0.3) is 0 Å². The zero-order valence-electron chi connectivity index (χ0n) is 7.84. The zero-order chi connectivity index (χ0) is 10.3. The number of benzene rings is 1. The van der Waals surface area contributed by atoms with Gasteiger partial charge in [-0.1, -0.05) is 19.0 Å². The molecule has 1 aromatic heterocycles. The maximum atomic E-state index is 13.2. The van der Waals surface area contributed by atoms with Crippen LogP contribution in [0.4, 0.5) is 8.78 Å². The molecule has 0 spiro atoms. The van der Waals surface area contributed by atoms with Gasteiger partial charge in [0.05, 0.1) is 11.1 Å². The molecule has 0 saturated heterocycles. The Labute approximate surface area is 79.5 Å². The van der Waals surface area contributed by atoms with Crippen molar-refractivity contribution in [1.82, 2.24) is 5.16 Å². The van der Waals surface area contributed by atoms with Gasteiger partial charge in [-0.3, -0.25) is 0 Å². The molecule has 2 rings (SSSR count). The van der Waals surface area contributed by atoms with Crippen molar-refractivity contribution in [2.45, 2.75) is 19.8 Å². The van der Waals surface area contributed by atoms with Gasteiger partial charge in [-0.2, -0.15) is 0 Å². The molecule has 0 atom stereocenters. The summed E-state index contributed by atoms with van der Waals surface area (Å²) in [5, 5.41) is 4.13. The predicted octanol–water partition coefficient (Wildman–Crippen LogP) is 3.23. The molecule has 4 heteroatoms. The molecule has 0 radical (unpaired) electrons. The van der Waals surface area contributed by atoms with E-state index in [4.69, 9.17) is 4.52 Å². The molecule has 0 aliphatic carbocycles. The summed E-state index contributed by atoms with van der Waals surface area (Å²) in [5.41, 5.74) is 0.605. The second-order valence-corrected chi connectivity index (χ2v) is 3.49. The summed E-state index contributed by atoms with van der Waals surface area (Å²) < 4.78 is 30.9. The van der Waals surface area contributed by atoms with Crippen LogP contribution in [0.15, 0.2) is 16.7 Å². The highest BCUT2D eigenvalue weighted by atomic mass is 19.1. The first-order chi connectivity index (χ1) is 6.59. The lowest BCUT2D eigenvalue weighted by Gasteiger charge is -1.98. The molecule has 74 valence electrons. The van der Waals surface area contributed by atoms with Crippen molar-refractivity contribution in [3.8, 4) is 0 Å². The third kappa shape index (κ3) is 1.27. The van der Waals surface area contributed by atoms with E-state index in [0.717, 1.165) is 6.07 Å². The summed E-state index contributed by atoms with van der Waals surface area (Å²) in [6.07, 6.45) is 0. The van der Waals surface area contributed by atoms with Crippen molar-refractivity contribution >= 4 is 11.0 Å². The smallest absolute Gasteiger partial charge is 0.202 e. The lowest BCUT2D eigenvalue weighted by molar-refractivity contribution is 0.427. The highest BCUT2D eigenvalue weighted by Crippen LogP contribution is 2.27. The summed E-state index contributed by atoms with van der Waals surface area (Å²) in [6, 6.07) is 2.03. The van der Waals surface area contributed by atoms with E-state index in [9.17, 15) is 8.78 Å². The van der Waals surface area contributed by atoms with Crippen molar-refractivity contribution < 1.29 is 13.3 Å². The molecule has 0 aliphatic rings. The SMILES string of the molecule is CC(C)c1noc2c(F)cc(F)cc12. The molecule has 0 bridgehead atoms. The molecular formula is C10H9F2NO. The third-order valence-electron chi connectivity index (χ3n) is 2.07. The minimum atomic E-state index is -0.709. The Morgan fingerprint density at radius 3 is 2.64 bits per heavy atom. The van der Waals surface area contributed by atoms with Crippen LogP contribution in [0.2, 0.25) is 0 Å². The fourth-order valence-corrected chi connectivity index (χ4v) is 1.40. The minimum Gasteiger partial charge on any atom is -0.353 e. The van der Waals surface area contributed by atoms with Crippen molar-refractivity contribution in [1.29, 1.82) is 0 Å². The van der Waals surface area contributed by atoms with Crippen LogP contribution in [0.1, 0.15) is 25.5 Å². The van der Waals surface area contributed by atoms with Gasteiger partial charge in [0.2, 0.25) is 5.58 Å². The Bertz CT molecular complexity index is 476. The summed E-state index contributed by atoms with van der Waals surface area (Å²) in [6.45, 7) is 3.78. The highest BCUT2D eigenvalue weighted by Gasteiger charge is 2.15. The Balaban J connectivity index is 2.78. The maximum Gasteiger partial charge on any atom is 0.202 e. The Kier molecular flexibility index (Phi) is 1.98. The van der Waals surface area contributed by atoms with Crippen LogP contribution in [0.3, 0.4) is 0 Å². The lowest BCUT2D eigenvalue weighted by Crippen LogP contribution is -1.88. The Morgan fingerprint density at radius 2 is 2.00 bits per heavy atom. The van der Waals surface area contributed by atoms with Gasteiger partial charge in [-0.15, -0.1) is 0 Å². The molecule has 1 aromatic carbocycles. The van der Waals surface area contributed by atoms with Crippen molar-refractivity contribution in [2.24, 2.45) is 0 Å². The number of nitrogens with zero attached hydrogens (tertiary/aromatic N) is 1. The average Bonchev–Trinajstić information content (AvgIpc) is 2.47. The minimum absolute atomic E-state index is 0.0232. The van der Waals surface area contributed by atoms with Crippen LogP contribution >= 0.6 is 0 Å². The van der Waals surface area contributed by atoms with Crippen LogP contribution in [0, 0.1) is 11.6 Å². The van der Waals surface area contributed by atoms with Crippen LogP contribution in [0.5, 0.6) is 0 Å². The first kappa shape index (κ1) is 9.12. The van der Waals surface area contributed by atoms with Crippen molar-refractivity contribution in [3.05, 3.63) is 29.5 Å². The first-order valence-corrected chi connectivity index (χ1v) is 4.34. The topological polar surface area (TPSA) is 26.0 Å². The van der Waals surface area contributed by atoms with Gasteiger partial charge in [-0.25, -0.2) is 8.78 Å². The van der Waals surface area contributed by atoms with Crippen LogP contribution in [-0.4, -0.2) is 5.16 Å². The van der Waals surface area contributed by atoms with Crippen molar-refractivity contribution in [3.63, 3.8) is 0 Å². The van der Waals surface area contributed by atoms with Crippen LogP contribution < -0.4 is 0 Å². The van der Waals surface area contributed by atoms with E-state index in [2.05, 4.69) is 5.16 Å². The quantitative estimate of drug-likeness (QED) is 0.701. The number of fused-ring (bicyclic) bond motifs is 1. The molecule has 0 saturated carbocycles. The maximum absolute atomic E-state index is 13.2. The first-order valence-electron chi connectivity index (χ1n) is 4.34. The molecule has 0 N–H and O–H groups in total. The molecular weight excluding hydrogens is 188 g/mol. The number of halogens is 2. The van der Waals surface area contributed by atoms with E-state index < -0.39 is 11.6 Å². The monoisotopic (exact) mass is 197 g/mol. The molecule has 0 amide bonds. The third-order valence-corrected chi connectivity index (χ3v) is 2.07. The largest absolute Gasteiger partial charge is 0.353 e. The fraction of sp³-hybridized carbons (Fsp3) is 0.300. The molecule has 14 heavy (non-hydrogen) atoms. The van der Waals surface area contributed by atoms with E-state index in [-0.39, 0.29) is 11.5 Å². The van der Waals surface area contributed by atoms with E-state index in [1.807, 2.05) is 13.8 Å². The van der Waals surface area contributed by atoms with Crippen molar-refractivity contribution in [2.75, 3.05) is 0 Å². The average molecular weight is 197 g/mol. The standard InChI is InChI=1S/C10H9F2NO/c1-5(2)9-7-3-6(11)4-8(12)10(7)14-13-9/h3-5H,1-2H3. The number of hydrogen-bond donors (Lipinski definition) is 0. The van der Waals surface area contributed by atoms with Gasteiger partial charge in [0.1, 0.15) is 5.82 Å². The van der Waals surface area contributed by atoms with E-state index in [1.165, 1.54) is 6.07 Å². The zero-order valence-corrected chi connectivity index (χ0v) is 7.84. The number of aromatic nitrogens is 1. The second-order valence-electron chi connectivity index (χ2n) is 3.49. The highest BCUT2D eigenvalue weighted by molar-refractivity contribution is 5.80. The molecule has 0 unspecified atom stereocenters. The molecule has 2 aromatic rings. The van der Waals surface area contributed by atoms with Gasteiger partial charge in [-0.05, 0) is 12.0 Å². The molecule has 0 fully saturated rings. The van der Waals surface area contributed by atoms with Crippen LogP contribution in [0.25, 0.3) is 11.0 Å². The van der Waals surface area contributed by atoms with E-state index >= 15 is 0 Å². The Hall–Kier alpha value is -1.45. The molecule has 1 heterocycles.